The van der Waals surface area contributed by atoms with Gasteiger partial charge in [0, 0.05) is 11.6 Å². The molecule has 0 saturated heterocycles. The number of benzene rings is 2. The van der Waals surface area contributed by atoms with Gasteiger partial charge in [-0.2, -0.15) is 0 Å². The minimum Gasteiger partial charge on any atom is -0.486 e. The SMILES string of the molecule is O=C(COC(=O)COc1ccc(Cl)cc1)NCCc1ccc2c(c1)OCCO2. The van der Waals surface area contributed by atoms with E-state index in [4.69, 9.17) is 30.5 Å². The third kappa shape index (κ3) is 6.06. The number of amides is 1. The smallest absolute Gasteiger partial charge is 0.344 e. The number of rotatable bonds is 8. The molecular formula is C20H20ClNO6. The van der Waals surface area contributed by atoms with Crippen LogP contribution in [0.25, 0.3) is 0 Å². The van der Waals surface area contributed by atoms with Crippen LogP contribution in [0.5, 0.6) is 17.2 Å². The number of esters is 1. The van der Waals surface area contributed by atoms with Gasteiger partial charge in [-0.25, -0.2) is 4.79 Å². The van der Waals surface area contributed by atoms with Crippen molar-refractivity contribution in [1.82, 2.24) is 5.32 Å². The summed E-state index contributed by atoms with van der Waals surface area (Å²) in [7, 11) is 0. The monoisotopic (exact) mass is 405 g/mol. The molecule has 0 saturated carbocycles. The number of halogens is 1. The van der Waals surface area contributed by atoms with E-state index in [2.05, 4.69) is 5.32 Å². The highest BCUT2D eigenvalue weighted by molar-refractivity contribution is 6.30. The van der Waals surface area contributed by atoms with Crippen LogP contribution in [0, 0.1) is 0 Å². The van der Waals surface area contributed by atoms with Crippen molar-refractivity contribution in [2.75, 3.05) is 33.0 Å². The van der Waals surface area contributed by atoms with E-state index in [1.54, 1.807) is 24.3 Å². The number of carbonyl (C=O) groups is 2. The Balaban J connectivity index is 1.32. The minimum absolute atomic E-state index is 0.286. The van der Waals surface area contributed by atoms with Crippen LogP contribution in [0.15, 0.2) is 42.5 Å². The summed E-state index contributed by atoms with van der Waals surface area (Å²) in [4.78, 5) is 23.4. The maximum atomic E-state index is 11.8. The lowest BCUT2D eigenvalue weighted by Gasteiger charge is -2.18. The van der Waals surface area contributed by atoms with Gasteiger partial charge >= 0.3 is 5.97 Å². The number of hydrogen-bond acceptors (Lipinski definition) is 6. The van der Waals surface area contributed by atoms with Crippen LogP contribution in [0.1, 0.15) is 5.56 Å². The van der Waals surface area contributed by atoms with Crippen molar-refractivity contribution in [1.29, 1.82) is 0 Å². The van der Waals surface area contributed by atoms with Gasteiger partial charge in [-0.15, -0.1) is 0 Å². The first-order valence-electron chi connectivity index (χ1n) is 8.79. The second kappa shape index (κ2) is 9.85. The lowest BCUT2D eigenvalue weighted by molar-refractivity contribution is -0.150. The van der Waals surface area contributed by atoms with Crippen LogP contribution < -0.4 is 19.5 Å². The third-order valence-electron chi connectivity index (χ3n) is 3.88. The van der Waals surface area contributed by atoms with E-state index >= 15 is 0 Å². The molecule has 0 atom stereocenters. The van der Waals surface area contributed by atoms with Gasteiger partial charge in [0.15, 0.2) is 24.7 Å². The Morgan fingerprint density at radius 1 is 1.00 bits per heavy atom. The van der Waals surface area contributed by atoms with Crippen molar-refractivity contribution in [3.8, 4) is 17.2 Å². The maximum Gasteiger partial charge on any atom is 0.344 e. The van der Waals surface area contributed by atoms with Crippen LogP contribution >= 0.6 is 11.6 Å². The molecule has 1 heterocycles. The van der Waals surface area contributed by atoms with E-state index in [9.17, 15) is 9.59 Å². The highest BCUT2D eigenvalue weighted by Crippen LogP contribution is 2.30. The first-order chi connectivity index (χ1) is 13.6. The van der Waals surface area contributed by atoms with E-state index in [0.717, 1.165) is 11.3 Å². The van der Waals surface area contributed by atoms with Crippen molar-refractivity contribution in [2.45, 2.75) is 6.42 Å². The highest BCUT2D eigenvalue weighted by Gasteiger charge is 2.12. The van der Waals surface area contributed by atoms with E-state index in [1.807, 2.05) is 18.2 Å². The minimum atomic E-state index is -0.628. The predicted molar refractivity (Wildman–Crippen MR) is 102 cm³/mol. The molecule has 0 radical (unpaired) electrons. The summed E-state index contributed by atoms with van der Waals surface area (Å²) >= 11 is 5.77. The summed E-state index contributed by atoms with van der Waals surface area (Å²) in [5.41, 5.74) is 1.01. The third-order valence-corrected chi connectivity index (χ3v) is 4.13. The van der Waals surface area contributed by atoms with E-state index < -0.39 is 5.97 Å². The summed E-state index contributed by atoms with van der Waals surface area (Å²) in [6.45, 7) is 0.847. The molecule has 0 fully saturated rings. The Bertz CT molecular complexity index is 824. The molecule has 0 spiro atoms. The van der Waals surface area contributed by atoms with Gasteiger partial charge in [0.1, 0.15) is 19.0 Å². The summed E-state index contributed by atoms with van der Waals surface area (Å²) < 4.78 is 21.1. The van der Waals surface area contributed by atoms with Crippen molar-refractivity contribution in [3.05, 3.63) is 53.1 Å². The number of carbonyl (C=O) groups excluding carboxylic acids is 2. The molecule has 8 heteroatoms. The normalized spacial score (nSPS) is 12.2. The zero-order valence-electron chi connectivity index (χ0n) is 15.1. The van der Waals surface area contributed by atoms with Gasteiger partial charge in [0.2, 0.25) is 0 Å². The van der Waals surface area contributed by atoms with Gasteiger partial charge in [0.05, 0.1) is 0 Å². The maximum absolute atomic E-state index is 11.8. The lowest BCUT2D eigenvalue weighted by atomic mass is 10.1. The number of nitrogens with one attached hydrogen (secondary N) is 1. The molecule has 0 aliphatic carbocycles. The van der Waals surface area contributed by atoms with E-state index in [0.29, 0.717) is 42.7 Å². The molecule has 1 N–H and O–H groups in total. The Labute approximate surface area is 167 Å². The Morgan fingerprint density at radius 3 is 2.54 bits per heavy atom. The zero-order chi connectivity index (χ0) is 19.8. The van der Waals surface area contributed by atoms with Gasteiger partial charge < -0.3 is 24.3 Å². The summed E-state index contributed by atoms with van der Waals surface area (Å²) in [6, 6.07) is 12.3. The van der Waals surface area contributed by atoms with Crippen LogP contribution in [-0.4, -0.2) is 44.8 Å². The molecular weight excluding hydrogens is 386 g/mol. The van der Waals surface area contributed by atoms with E-state index in [-0.39, 0.29) is 19.1 Å². The quantitative estimate of drug-likeness (QED) is 0.679. The fraction of sp³-hybridized carbons (Fsp3) is 0.300. The predicted octanol–water partition coefficient (Wildman–Crippen LogP) is 2.39. The fourth-order valence-corrected chi connectivity index (χ4v) is 2.63. The average Bonchev–Trinajstić information content (AvgIpc) is 2.72. The summed E-state index contributed by atoms with van der Waals surface area (Å²) in [5.74, 6) is 0.927. The second-order valence-electron chi connectivity index (χ2n) is 5.98. The van der Waals surface area contributed by atoms with Crippen LogP contribution in [0.3, 0.4) is 0 Å². The Kier molecular flexibility index (Phi) is 6.97. The standard InChI is InChI=1S/C20H20ClNO6/c21-15-2-4-16(5-3-15)27-13-20(24)28-12-19(23)22-8-7-14-1-6-17-18(11-14)26-10-9-25-17/h1-6,11H,7-10,12-13H2,(H,22,23). The van der Waals surface area contributed by atoms with E-state index in [1.165, 1.54) is 0 Å². The molecule has 1 aliphatic heterocycles. The zero-order valence-corrected chi connectivity index (χ0v) is 15.9. The topological polar surface area (TPSA) is 83.1 Å². The molecule has 0 unspecified atom stereocenters. The molecule has 0 aromatic heterocycles. The Hall–Kier alpha value is -2.93. The average molecular weight is 406 g/mol. The molecule has 2 aromatic carbocycles. The number of hydrogen-bond donors (Lipinski definition) is 1. The van der Waals surface area contributed by atoms with Crippen molar-refractivity contribution < 1.29 is 28.5 Å². The number of fused-ring (bicyclic) bond motifs is 1. The molecule has 1 aliphatic rings. The van der Waals surface area contributed by atoms with Gasteiger partial charge in [-0.05, 0) is 48.4 Å². The highest BCUT2D eigenvalue weighted by atomic mass is 35.5. The molecule has 2 aromatic rings. The van der Waals surface area contributed by atoms with Crippen LogP contribution in [0.4, 0.5) is 0 Å². The van der Waals surface area contributed by atoms with Crippen LogP contribution in [-0.2, 0) is 20.7 Å². The largest absolute Gasteiger partial charge is 0.486 e. The molecule has 7 nitrogen and oxygen atoms in total. The van der Waals surface area contributed by atoms with Gasteiger partial charge in [0.25, 0.3) is 5.91 Å². The first-order valence-corrected chi connectivity index (χ1v) is 9.17. The lowest BCUT2D eigenvalue weighted by Crippen LogP contribution is -2.31. The number of ether oxygens (including phenoxy) is 4. The van der Waals surface area contributed by atoms with Crippen molar-refractivity contribution in [2.24, 2.45) is 0 Å². The first kappa shape index (κ1) is 19.8. The van der Waals surface area contributed by atoms with Crippen molar-refractivity contribution >= 4 is 23.5 Å². The Morgan fingerprint density at radius 2 is 1.75 bits per heavy atom. The molecule has 1 amide bonds. The second-order valence-corrected chi connectivity index (χ2v) is 6.42. The molecule has 28 heavy (non-hydrogen) atoms. The summed E-state index contributed by atoms with van der Waals surface area (Å²) in [6.07, 6.45) is 0.621. The van der Waals surface area contributed by atoms with Crippen LogP contribution in [0.2, 0.25) is 5.02 Å². The fourth-order valence-electron chi connectivity index (χ4n) is 2.50. The molecule has 148 valence electrons. The summed E-state index contributed by atoms with van der Waals surface area (Å²) in [5, 5.41) is 3.27. The van der Waals surface area contributed by atoms with Gasteiger partial charge in [-0.3, -0.25) is 4.79 Å². The molecule has 0 bridgehead atoms. The van der Waals surface area contributed by atoms with Crippen molar-refractivity contribution in [3.63, 3.8) is 0 Å². The van der Waals surface area contributed by atoms with Gasteiger partial charge in [-0.1, -0.05) is 17.7 Å². The molecule has 3 rings (SSSR count).